The van der Waals surface area contributed by atoms with E-state index in [2.05, 4.69) is 22.6 Å². The van der Waals surface area contributed by atoms with Crippen molar-refractivity contribution < 1.29 is 9.47 Å². The fraction of sp³-hybridized carbons (Fsp3) is 0.133. The topological polar surface area (TPSA) is 42.2 Å². The van der Waals surface area contributed by atoms with Crippen molar-refractivity contribution in [3.05, 3.63) is 56.1 Å². The van der Waals surface area contributed by atoms with Crippen molar-refractivity contribution in [2.45, 2.75) is 6.61 Å². The molecule has 0 aliphatic rings. The minimum atomic E-state index is 0.367. The van der Waals surface area contributed by atoms with Crippen molar-refractivity contribution in [2.24, 2.45) is 0 Å². The molecule has 0 aromatic heterocycles. The number of benzene rings is 2. The minimum absolute atomic E-state index is 0.367. The van der Waals surface area contributed by atoms with Crippen LogP contribution in [-0.4, -0.2) is 7.11 Å². The van der Waals surface area contributed by atoms with Crippen LogP contribution in [0.2, 0.25) is 5.02 Å². The van der Waals surface area contributed by atoms with E-state index in [4.69, 9.17) is 26.3 Å². The van der Waals surface area contributed by atoms with Gasteiger partial charge in [-0.15, -0.1) is 0 Å². The Hall–Kier alpha value is -1.45. The normalized spacial score (nSPS) is 9.90. The Bertz CT molecular complexity index is 667. The molecule has 0 saturated carbocycles. The largest absolute Gasteiger partial charge is 0.493 e. The lowest BCUT2D eigenvalue weighted by Crippen LogP contribution is -1.99. The summed E-state index contributed by atoms with van der Waals surface area (Å²) in [6, 6.07) is 13.2. The van der Waals surface area contributed by atoms with E-state index in [-0.39, 0.29) is 0 Å². The zero-order valence-electron chi connectivity index (χ0n) is 10.7. The monoisotopic (exact) mass is 399 g/mol. The maximum absolute atomic E-state index is 8.91. The van der Waals surface area contributed by atoms with E-state index in [0.717, 1.165) is 9.13 Å². The quantitative estimate of drug-likeness (QED) is 0.716. The number of rotatable bonds is 4. The van der Waals surface area contributed by atoms with Gasteiger partial charge in [0.25, 0.3) is 0 Å². The van der Waals surface area contributed by atoms with Gasteiger partial charge in [0.15, 0.2) is 11.5 Å². The van der Waals surface area contributed by atoms with Crippen molar-refractivity contribution in [3.8, 4) is 17.6 Å². The van der Waals surface area contributed by atoms with E-state index >= 15 is 0 Å². The number of halogens is 2. The Kier molecular flexibility index (Phi) is 5.10. The van der Waals surface area contributed by atoms with Crippen LogP contribution in [0.3, 0.4) is 0 Å². The standard InChI is InChI=1S/C15H11ClINO2/c1-19-14-7-11(8-18)6-13(16)15(14)20-9-10-3-2-4-12(17)5-10/h2-7H,9H2,1H3. The van der Waals surface area contributed by atoms with Crippen LogP contribution in [0.5, 0.6) is 11.5 Å². The van der Waals surface area contributed by atoms with Gasteiger partial charge in [0, 0.05) is 9.64 Å². The molecule has 5 heteroatoms. The van der Waals surface area contributed by atoms with Crippen LogP contribution in [0.4, 0.5) is 0 Å². The number of nitriles is 1. The number of ether oxygens (including phenoxy) is 2. The molecule has 0 atom stereocenters. The molecule has 2 rings (SSSR count). The van der Waals surface area contributed by atoms with Gasteiger partial charge >= 0.3 is 0 Å². The molecule has 102 valence electrons. The maximum atomic E-state index is 8.91. The summed E-state index contributed by atoms with van der Waals surface area (Å²) in [5.74, 6) is 0.909. The average molecular weight is 400 g/mol. The Labute approximate surface area is 136 Å². The predicted octanol–water partition coefficient (Wildman–Crippen LogP) is 4.40. The first-order valence-electron chi connectivity index (χ1n) is 5.79. The highest BCUT2D eigenvalue weighted by Crippen LogP contribution is 2.36. The van der Waals surface area contributed by atoms with Crippen LogP contribution in [0.25, 0.3) is 0 Å². The van der Waals surface area contributed by atoms with Crippen molar-refractivity contribution in [1.29, 1.82) is 5.26 Å². The summed E-state index contributed by atoms with van der Waals surface area (Å²) in [5.41, 5.74) is 1.48. The van der Waals surface area contributed by atoms with Crippen LogP contribution in [0.15, 0.2) is 36.4 Å². The summed E-state index contributed by atoms with van der Waals surface area (Å²) in [7, 11) is 1.52. The molecule has 0 unspecified atom stereocenters. The molecular weight excluding hydrogens is 389 g/mol. The molecule has 0 aliphatic heterocycles. The molecule has 0 N–H and O–H groups in total. The molecule has 20 heavy (non-hydrogen) atoms. The highest BCUT2D eigenvalue weighted by molar-refractivity contribution is 14.1. The average Bonchev–Trinajstić information content (AvgIpc) is 2.45. The van der Waals surface area contributed by atoms with E-state index in [1.54, 1.807) is 12.1 Å². The number of methoxy groups -OCH3 is 1. The van der Waals surface area contributed by atoms with Gasteiger partial charge in [-0.05, 0) is 46.4 Å². The third kappa shape index (κ3) is 3.56. The van der Waals surface area contributed by atoms with Gasteiger partial charge in [-0.25, -0.2) is 0 Å². The summed E-state index contributed by atoms with van der Waals surface area (Å²) in [5, 5.41) is 9.27. The van der Waals surface area contributed by atoms with E-state index in [1.165, 1.54) is 7.11 Å². The van der Waals surface area contributed by atoms with E-state index < -0.39 is 0 Å². The van der Waals surface area contributed by atoms with Crippen LogP contribution in [0, 0.1) is 14.9 Å². The Morgan fingerprint density at radius 3 is 2.75 bits per heavy atom. The van der Waals surface area contributed by atoms with E-state index in [0.29, 0.717) is 28.7 Å². The summed E-state index contributed by atoms with van der Waals surface area (Å²) in [4.78, 5) is 0. The maximum Gasteiger partial charge on any atom is 0.180 e. The molecule has 2 aromatic carbocycles. The van der Waals surface area contributed by atoms with Crippen molar-refractivity contribution in [2.75, 3.05) is 7.11 Å². The fourth-order valence-corrected chi connectivity index (χ4v) is 2.58. The third-order valence-corrected chi connectivity index (χ3v) is 3.58. The lowest BCUT2D eigenvalue weighted by Gasteiger charge is -2.13. The SMILES string of the molecule is COc1cc(C#N)cc(Cl)c1OCc1cccc(I)c1. The van der Waals surface area contributed by atoms with Gasteiger partial charge < -0.3 is 9.47 Å². The second-order valence-electron chi connectivity index (χ2n) is 4.02. The number of hydrogen-bond donors (Lipinski definition) is 0. The Balaban J connectivity index is 2.23. The van der Waals surface area contributed by atoms with E-state index in [1.807, 2.05) is 30.3 Å². The van der Waals surface area contributed by atoms with Crippen LogP contribution in [0.1, 0.15) is 11.1 Å². The van der Waals surface area contributed by atoms with Crippen molar-refractivity contribution >= 4 is 34.2 Å². The van der Waals surface area contributed by atoms with Gasteiger partial charge in [0.2, 0.25) is 0 Å². The van der Waals surface area contributed by atoms with Gasteiger partial charge in [-0.2, -0.15) is 5.26 Å². The number of nitrogens with zero attached hydrogens (tertiary/aromatic N) is 1. The second kappa shape index (κ2) is 6.82. The molecule has 0 aliphatic carbocycles. The summed E-state index contributed by atoms with van der Waals surface area (Å²) in [6.07, 6.45) is 0. The predicted molar refractivity (Wildman–Crippen MR) is 86.2 cm³/mol. The highest BCUT2D eigenvalue weighted by Gasteiger charge is 2.12. The first-order chi connectivity index (χ1) is 9.63. The molecular formula is C15H11ClINO2. The fourth-order valence-electron chi connectivity index (χ4n) is 1.71. The molecule has 0 spiro atoms. The molecule has 2 aromatic rings. The van der Waals surface area contributed by atoms with Crippen molar-refractivity contribution in [1.82, 2.24) is 0 Å². The minimum Gasteiger partial charge on any atom is -0.493 e. The Morgan fingerprint density at radius 1 is 1.30 bits per heavy atom. The summed E-state index contributed by atoms with van der Waals surface area (Å²) < 4.78 is 12.1. The van der Waals surface area contributed by atoms with Gasteiger partial charge in [0.1, 0.15) is 6.61 Å². The molecule has 3 nitrogen and oxygen atoms in total. The van der Waals surface area contributed by atoms with E-state index in [9.17, 15) is 0 Å². The highest BCUT2D eigenvalue weighted by atomic mass is 127. The third-order valence-electron chi connectivity index (χ3n) is 2.63. The molecule has 0 amide bonds. The lowest BCUT2D eigenvalue weighted by atomic mass is 10.2. The van der Waals surface area contributed by atoms with Gasteiger partial charge in [-0.3, -0.25) is 0 Å². The molecule has 0 bridgehead atoms. The molecule has 0 radical (unpaired) electrons. The number of hydrogen-bond acceptors (Lipinski definition) is 3. The zero-order chi connectivity index (χ0) is 14.5. The van der Waals surface area contributed by atoms with Crippen molar-refractivity contribution in [3.63, 3.8) is 0 Å². The molecule has 0 heterocycles. The lowest BCUT2D eigenvalue weighted by molar-refractivity contribution is 0.284. The van der Waals surface area contributed by atoms with Crippen LogP contribution in [-0.2, 0) is 6.61 Å². The smallest absolute Gasteiger partial charge is 0.180 e. The zero-order valence-corrected chi connectivity index (χ0v) is 13.6. The summed E-state index contributed by atoms with van der Waals surface area (Å²) in [6.45, 7) is 0.388. The molecule has 0 fully saturated rings. The van der Waals surface area contributed by atoms with Gasteiger partial charge in [0.05, 0.1) is 23.8 Å². The van der Waals surface area contributed by atoms with Crippen LogP contribution >= 0.6 is 34.2 Å². The Morgan fingerprint density at radius 2 is 2.10 bits per heavy atom. The summed E-state index contributed by atoms with van der Waals surface area (Å²) >= 11 is 8.38. The first kappa shape index (κ1) is 14.9. The second-order valence-corrected chi connectivity index (χ2v) is 5.67. The van der Waals surface area contributed by atoms with Gasteiger partial charge in [-0.1, -0.05) is 23.7 Å². The first-order valence-corrected chi connectivity index (χ1v) is 7.24. The molecule has 0 saturated heterocycles. The van der Waals surface area contributed by atoms with Crippen LogP contribution < -0.4 is 9.47 Å².